The third-order valence-electron chi connectivity index (χ3n) is 5.60. The van der Waals surface area contributed by atoms with E-state index in [-0.39, 0.29) is 33.5 Å². The lowest BCUT2D eigenvalue weighted by atomic mass is 10.1. The third kappa shape index (κ3) is 7.62. The van der Waals surface area contributed by atoms with Crippen LogP contribution in [0.1, 0.15) is 16.8 Å². The zero-order chi connectivity index (χ0) is 28.4. The van der Waals surface area contributed by atoms with Gasteiger partial charge in [0.2, 0.25) is 5.91 Å². The Morgan fingerprint density at radius 1 is 0.923 bits per heavy atom. The van der Waals surface area contributed by atoms with Crippen molar-refractivity contribution in [3.8, 4) is 11.5 Å². The molecule has 3 rings (SSSR count). The minimum absolute atomic E-state index is 0.112. The molecule has 0 saturated carbocycles. The average Bonchev–Trinajstić information content (AvgIpc) is 2.94. The highest BCUT2D eigenvalue weighted by Crippen LogP contribution is 2.32. The molecule has 39 heavy (non-hydrogen) atoms. The van der Waals surface area contributed by atoms with E-state index in [0.717, 1.165) is 4.31 Å². The summed E-state index contributed by atoms with van der Waals surface area (Å²) in [6.45, 7) is 0.304. The van der Waals surface area contributed by atoms with Crippen molar-refractivity contribution < 1.29 is 32.2 Å². The maximum absolute atomic E-state index is 13.8. The van der Waals surface area contributed by atoms with Crippen molar-refractivity contribution in [3.05, 3.63) is 77.3 Å². The van der Waals surface area contributed by atoms with E-state index >= 15 is 0 Å². The Labute approximate surface area is 232 Å². The van der Waals surface area contributed by atoms with Gasteiger partial charge >= 0.3 is 0 Å². The molecule has 0 bridgehead atoms. The Hall–Kier alpha value is -3.80. The first-order valence-corrected chi connectivity index (χ1v) is 13.7. The fourth-order valence-electron chi connectivity index (χ4n) is 3.65. The Kier molecular flexibility index (Phi) is 10.6. The molecule has 2 N–H and O–H groups in total. The van der Waals surface area contributed by atoms with Crippen LogP contribution in [0, 0.1) is 0 Å². The van der Waals surface area contributed by atoms with E-state index in [2.05, 4.69) is 10.6 Å². The monoisotopic (exact) mass is 575 g/mol. The van der Waals surface area contributed by atoms with Gasteiger partial charge in [0, 0.05) is 31.4 Å². The maximum Gasteiger partial charge on any atom is 0.264 e. The molecule has 0 aliphatic rings. The number of nitrogens with zero attached hydrogens (tertiary/aromatic N) is 1. The first-order valence-electron chi connectivity index (χ1n) is 11.9. The summed E-state index contributed by atoms with van der Waals surface area (Å²) < 4.78 is 43.9. The molecular weight excluding hydrogens is 546 g/mol. The van der Waals surface area contributed by atoms with Gasteiger partial charge in [0.15, 0.2) is 11.5 Å². The standard InChI is InChI=1S/C27H30ClN3O7S/c1-36-16-6-15-29-27(33)22-7-4-5-8-23(22)30-26(32)18-31(20-11-9-19(28)10-12-20)39(34,35)21-13-14-24(37-2)25(17-21)38-3/h4-5,7-14,17H,6,15-16,18H2,1-3H3,(H,29,33)(H,30,32). The van der Waals surface area contributed by atoms with E-state index in [1.54, 1.807) is 31.4 Å². The summed E-state index contributed by atoms with van der Waals surface area (Å²) in [7, 11) is 0.153. The van der Waals surface area contributed by atoms with Crippen molar-refractivity contribution >= 4 is 44.8 Å². The topological polar surface area (TPSA) is 123 Å². The van der Waals surface area contributed by atoms with Gasteiger partial charge in [-0.15, -0.1) is 0 Å². The number of ether oxygens (including phenoxy) is 3. The van der Waals surface area contributed by atoms with Crippen LogP contribution in [-0.2, 0) is 19.6 Å². The van der Waals surface area contributed by atoms with Gasteiger partial charge < -0.3 is 24.8 Å². The van der Waals surface area contributed by atoms with E-state index in [0.29, 0.717) is 30.3 Å². The Bertz CT molecular complexity index is 1400. The van der Waals surface area contributed by atoms with E-state index in [1.807, 2.05) is 0 Å². The number of carbonyl (C=O) groups is 2. The number of anilines is 2. The van der Waals surface area contributed by atoms with Crippen molar-refractivity contribution in [2.75, 3.05) is 50.6 Å². The summed E-state index contributed by atoms with van der Waals surface area (Å²) in [5.41, 5.74) is 0.698. The minimum atomic E-state index is -4.25. The molecule has 0 heterocycles. The van der Waals surface area contributed by atoms with Gasteiger partial charge in [-0.05, 0) is 55.0 Å². The maximum atomic E-state index is 13.8. The van der Waals surface area contributed by atoms with Crippen molar-refractivity contribution in [2.45, 2.75) is 11.3 Å². The van der Waals surface area contributed by atoms with Gasteiger partial charge in [-0.1, -0.05) is 23.7 Å². The fourth-order valence-corrected chi connectivity index (χ4v) is 5.21. The van der Waals surface area contributed by atoms with Gasteiger partial charge in [-0.3, -0.25) is 13.9 Å². The van der Waals surface area contributed by atoms with E-state index in [4.69, 9.17) is 25.8 Å². The summed E-state index contributed by atoms with van der Waals surface area (Å²) in [4.78, 5) is 25.8. The molecule has 10 nitrogen and oxygen atoms in total. The second-order valence-electron chi connectivity index (χ2n) is 8.20. The molecule has 0 aromatic heterocycles. The number of nitrogens with one attached hydrogen (secondary N) is 2. The van der Waals surface area contributed by atoms with Gasteiger partial charge in [0.25, 0.3) is 15.9 Å². The van der Waals surface area contributed by atoms with E-state index in [9.17, 15) is 18.0 Å². The summed E-state index contributed by atoms with van der Waals surface area (Å²) in [5.74, 6) is -0.475. The summed E-state index contributed by atoms with van der Waals surface area (Å²) in [6, 6.07) is 16.6. The van der Waals surface area contributed by atoms with Crippen LogP contribution in [-0.4, -0.2) is 61.3 Å². The van der Waals surface area contributed by atoms with Crippen LogP contribution in [0.2, 0.25) is 5.02 Å². The van der Waals surface area contributed by atoms with Crippen molar-refractivity contribution in [2.24, 2.45) is 0 Å². The Balaban J connectivity index is 1.90. The fraction of sp³-hybridized carbons (Fsp3) is 0.259. The van der Waals surface area contributed by atoms with Crippen LogP contribution in [0.4, 0.5) is 11.4 Å². The van der Waals surface area contributed by atoms with E-state index < -0.39 is 22.5 Å². The zero-order valence-electron chi connectivity index (χ0n) is 21.8. The van der Waals surface area contributed by atoms with Gasteiger partial charge in [-0.25, -0.2) is 8.42 Å². The summed E-state index contributed by atoms with van der Waals surface area (Å²) in [6.07, 6.45) is 0.626. The minimum Gasteiger partial charge on any atom is -0.493 e. The van der Waals surface area contributed by atoms with Crippen molar-refractivity contribution in [1.29, 1.82) is 0 Å². The molecule has 0 aliphatic carbocycles. The van der Waals surface area contributed by atoms with Gasteiger partial charge in [-0.2, -0.15) is 0 Å². The van der Waals surface area contributed by atoms with Crippen molar-refractivity contribution in [1.82, 2.24) is 5.32 Å². The number of benzene rings is 3. The van der Waals surface area contributed by atoms with Crippen LogP contribution in [0.15, 0.2) is 71.6 Å². The smallest absolute Gasteiger partial charge is 0.264 e. The lowest BCUT2D eigenvalue weighted by Gasteiger charge is -2.25. The molecule has 2 amide bonds. The lowest BCUT2D eigenvalue weighted by molar-refractivity contribution is -0.114. The lowest BCUT2D eigenvalue weighted by Crippen LogP contribution is -2.38. The average molecular weight is 576 g/mol. The Morgan fingerprint density at radius 2 is 1.62 bits per heavy atom. The number of sulfonamides is 1. The zero-order valence-corrected chi connectivity index (χ0v) is 23.3. The largest absolute Gasteiger partial charge is 0.493 e. The van der Waals surface area contributed by atoms with Crippen molar-refractivity contribution in [3.63, 3.8) is 0 Å². The molecule has 0 radical (unpaired) electrons. The van der Waals surface area contributed by atoms with Crippen LogP contribution < -0.4 is 24.4 Å². The first kappa shape index (κ1) is 29.8. The number of hydrogen-bond acceptors (Lipinski definition) is 7. The number of halogens is 1. The number of methoxy groups -OCH3 is 3. The molecule has 12 heteroatoms. The number of amides is 2. The molecule has 0 fully saturated rings. The predicted molar refractivity (Wildman–Crippen MR) is 149 cm³/mol. The highest BCUT2D eigenvalue weighted by atomic mass is 35.5. The normalized spacial score (nSPS) is 11.0. The Morgan fingerprint density at radius 3 is 2.28 bits per heavy atom. The number of carbonyl (C=O) groups excluding carboxylic acids is 2. The van der Waals surface area contributed by atoms with Crippen LogP contribution in [0.5, 0.6) is 11.5 Å². The number of rotatable bonds is 13. The van der Waals surface area contributed by atoms with Crippen LogP contribution in [0.25, 0.3) is 0 Å². The first-order chi connectivity index (χ1) is 18.7. The molecule has 0 aliphatic heterocycles. The second-order valence-corrected chi connectivity index (χ2v) is 10.5. The highest BCUT2D eigenvalue weighted by molar-refractivity contribution is 7.92. The summed E-state index contributed by atoms with van der Waals surface area (Å²) >= 11 is 6.01. The summed E-state index contributed by atoms with van der Waals surface area (Å²) in [5, 5.41) is 5.84. The molecule has 0 unspecified atom stereocenters. The second kappa shape index (κ2) is 13.8. The van der Waals surface area contributed by atoms with Crippen LogP contribution >= 0.6 is 11.6 Å². The molecular formula is C27H30ClN3O7S. The molecule has 3 aromatic carbocycles. The molecule has 0 saturated heterocycles. The highest BCUT2D eigenvalue weighted by Gasteiger charge is 2.29. The third-order valence-corrected chi connectivity index (χ3v) is 7.62. The quantitative estimate of drug-likeness (QED) is 0.296. The number of hydrogen-bond donors (Lipinski definition) is 2. The van der Waals surface area contributed by atoms with Crippen LogP contribution in [0.3, 0.4) is 0 Å². The number of para-hydroxylation sites is 1. The SMILES string of the molecule is COCCCNC(=O)c1ccccc1NC(=O)CN(c1ccc(Cl)cc1)S(=O)(=O)c1ccc(OC)c(OC)c1. The molecule has 0 atom stereocenters. The van der Waals surface area contributed by atoms with Gasteiger partial charge in [0.1, 0.15) is 6.54 Å². The van der Waals surface area contributed by atoms with Gasteiger partial charge in [0.05, 0.1) is 36.1 Å². The molecule has 3 aromatic rings. The van der Waals surface area contributed by atoms with E-state index in [1.165, 1.54) is 56.7 Å². The molecule has 208 valence electrons. The predicted octanol–water partition coefficient (Wildman–Crippen LogP) is 3.96. The molecule has 0 spiro atoms.